The molecule has 1 aromatic rings. The third-order valence-corrected chi connectivity index (χ3v) is 2.39. The lowest BCUT2D eigenvalue weighted by Gasteiger charge is -2.14. The molecule has 0 aromatic heterocycles. The summed E-state index contributed by atoms with van der Waals surface area (Å²) in [6.45, 7) is 2.93. The number of hydrogen-bond donors (Lipinski definition) is 2. The maximum absolute atomic E-state index is 5.72. The molecule has 72 valence electrons. The highest BCUT2D eigenvalue weighted by atomic mass is 14.5. The third-order valence-electron chi connectivity index (χ3n) is 2.39. The smallest absolute Gasteiger partial charge is 0.0316 e. The van der Waals surface area contributed by atoms with E-state index in [0.29, 0.717) is 5.92 Å². The minimum atomic E-state index is 0.563. The van der Waals surface area contributed by atoms with Crippen molar-refractivity contribution in [2.24, 2.45) is 5.73 Å². The Bertz CT molecular complexity index is 258. The van der Waals surface area contributed by atoms with Crippen LogP contribution in [-0.4, -0.2) is 6.54 Å². The molecule has 0 saturated carbocycles. The van der Waals surface area contributed by atoms with E-state index in [1.54, 1.807) is 0 Å². The zero-order valence-corrected chi connectivity index (χ0v) is 8.16. The van der Waals surface area contributed by atoms with Crippen molar-refractivity contribution in [2.45, 2.75) is 25.7 Å². The monoisotopic (exact) mass is 178 g/mol. The SMILES string of the molecule is CCC(CCN)c1cccc(N)c1. The van der Waals surface area contributed by atoms with Gasteiger partial charge in [0, 0.05) is 5.69 Å². The molecule has 1 atom stereocenters. The number of nitrogen functional groups attached to an aromatic ring is 1. The van der Waals surface area contributed by atoms with Crippen molar-refractivity contribution in [3.05, 3.63) is 29.8 Å². The van der Waals surface area contributed by atoms with Crippen LogP contribution in [0.25, 0.3) is 0 Å². The molecule has 0 aliphatic heterocycles. The van der Waals surface area contributed by atoms with E-state index in [2.05, 4.69) is 13.0 Å². The summed E-state index contributed by atoms with van der Waals surface area (Å²) in [6, 6.07) is 8.09. The standard InChI is InChI=1S/C11H18N2/c1-2-9(6-7-12)10-4-3-5-11(13)8-10/h3-5,8-9H,2,6-7,12-13H2,1H3. The summed E-state index contributed by atoms with van der Waals surface area (Å²) >= 11 is 0. The average molecular weight is 178 g/mol. The fraction of sp³-hybridized carbons (Fsp3) is 0.455. The lowest BCUT2D eigenvalue weighted by atomic mass is 9.93. The largest absolute Gasteiger partial charge is 0.399 e. The van der Waals surface area contributed by atoms with Crippen LogP contribution in [-0.2, 0) is 0 Å². The van der Waals surface area contributed by atoms with Crippen LogP contribution in [0.2, 0.25) is 0 Å². The van der Waals surface area contributed by atoms with Gasteiger partial charge in [0.2, 0.25) is 0 Å². The minimum absolute atomic E-state index is 0.563. The molecule has 0 bridgehead atoms. The molecule has 0 heterocycles. The Kier molecular flexibility index (Phi) is 3.77. The second-order valence-electron chi connectivity index (χ2n) is 3.35. The van der Waals surface area contributed by atoms with Gasteiger partial charge in [0.05, 0.1) is 0 Å². The van der Waals surface area contributed by atoms with E-state index in [-0.39, 0.29) is 0 Å². The van der Waals surface area contributed by atoms with Crippen LogP contribution in [0.1, 0.15) is 31.2 Å². The van der Waals surface area contributed by atoms with Gasteiger partial charge in [0.1, 0.15) is 0 Å². The van der Waals surface area contributed by atoms with Gasteiger partial charge in [-0.2, -0.15) is 0 Å². The summed E-state index contributed by atoms with van der Waals surface area (Å²) in [5.41, 5.74) is 13.4. The third kappa shape index (κ3) is 2.74. The van der Waals surface area contributed by atoms with E-state index in [0.717, 1.165) is 25.1 Å². The van der Waals surface area contributed by atoms with E-state index < -0.39 is 0 Å². The first kappa shape index (κ1) is 10.1. The molecule has 0 aliphatic rings. The van der Waals surface area contributed by atoms with Gasteiger partial charge in [0.25, 0.3) is 0 Å². The van der Waals surface area contributed by atoms with Crippen molar-refractivity contribution in [3.8, 4) is 0 Å². The van der Waals surface area contributed by atoms with Gasteiger partial charge in [-0.1, -0.05) is 19.1 Å². The summed E-state index contributed by atoms with van der Waals surface area (Å²) in [5.74, 6) is 0.563. The number of anilines is 1. The molecular weight excluding hydrogens is 160 g/mol. The van der Waals surface area contributed by atoms with E-state index in [1.807, 2.05) is 18.2 Å². The Hall–Kier alpha value is -1.02. The fourth-order valence-corrected chi connectivity index (χ4v) is 1.62. The van der Waals surface area contributed by atoms with Gasteiger partial charge < -0.3 is 11.5 Å². The molecule has 13 heavy (non-hydrogen) atoms. The molecule has 0 aliphatic carbocycles. The molecule has 4 N–H and O–H groups in total. The Morgan fingerprint density at radius 3 is 2.69 bits per heavy atom. The molecule has 1 rings (SSSR count). The highest BCUT2D eigenvalue weighted by Crippen LogP contribution is 2.23. The van der Waals surface area contributed by atoms with Crippen LogP contribution in [0.5, 0.6) is 0 Å². The number of hydrogen-bond acceptors (Lipinski definition) is 2. The van der Waals surface area contributed by atoms with Crippen LogP contribution in [0.3, 0.4) is 0 Å². The van der Waals surface area contributed by atoms with Crippen molar-refractivity contribution in [1.29, 1.82) is 0 Å². The van der Waals surface area contributed by atoms with Crippen molar-refractivity contribution in [3.63, 3.8) is 0 Å². The maximum Gasteiger partial charge on any atom is 0.0316 e. The predicted molar refractivity (Wildman–Crippen MR) is 57.6 cm³/mol. The predicted octanol–water partition coefficient (Wildman–Crippen LogP) is 2.11. The molecule has 2 heteroatoms. The first-order valence-corrected chi connectivity index (χ1v) is 4.83. The Labute approximate surface area is 79.9 Å². The van der Waals surface area contributed by atoms with E-state index in [1.165, 1.54) is 5.56 Å². The van der Waals surface area contributed by atoms with Crippen molar-refractivity contribution in [1.82, 2.24) is 0 Å². The van der Waals surface area contributed by atoms with Gasteiger partial charge in [-0.05, 0) is 43.0 Å². The molecule has 1 unspecified atom stereocenters. The maximum atomic E-state index is 5.72. The second-order valence-corrected chi connectivity index (χ2v) is 3.35. The van der Waals surface area contributed by atoms with Crippen LogP contribution in [0.4, 0.5) is 5.69 Å². The Morgan fingerprint density at radius 1 is 1.38 bits per heavy atom. The van der Waals surface area contributed by atoms with Crippen molar-refractivity contribution >= 4 is 5.69 Å². The number of nitrogens with two attached hydrogens (primary N) is 2. The van der Waals surface area contributed by atoms with E-state index in [9.17, 15) is 0 Å². The van der Waals surface area contributed by atoms with Gasteiger partial charge in [-0.15, -0.1) is 0 Å². The van der Waals surface area contributed by atoms with E-state index in [4.69, 9.17) is 11.5 Å². The molecular formula is C11H18N2. The van der Waals surface area contributed by atoms with Crippen molar-refractivity contribution in [2.75, 3.05) is 12.3 Å². The summed E-state index contributed by atoms with van der Waals surface area (Å²) in [4.78, 5) is 0. The van der Waals surface area contributed by atoms with Gasteiger partial charge in [-0.3, -0.25) is 0 Å². The second kappa shape index (κ2) is 4.87. The van der Waals surface area contributed by atoms with Crippen LogP contribution >= 0.6 is 0 Å². The highest BCUT2D eigenvalue weighted by Gasteiger charge is 2.07. The highest BCUT2D eigenvalue weighted by molar-refractivity contribution is 5.41. The molecule has 2 nitrogen and oxygen atoms in total. The first-order chi connectivity index (χ1) is 6.27. The first-order valence-electron chi connectivity index (χ1n) is 4.83. The van der Waals surface area contributed by atoms with Crippen LogP contribution < -0.4 is 11.5 Å². The van der Waals surface area contributed by atoms with Gasteiger partial charge in [-0.25, -0.2) is 0 Å². The molecule has 0 spiro atoms. The quantitative estimate of drug-likeness (QED) is 0.694. The Morgan fingerprint density at radius 2 is 2.15 bits per heavy atom. The van der Waals surface area contributed by atoms with Crippen molar-refractivity contribution < 1.29 is 0 Å². The molecule has 0 amide bonds. The topological polar surface area (TPSA) is 52.0 Å². The number of benzene rings is 1. The zero-order valence-electron chi connectivity index (χ0n) is 8.16. The lowest BCUT2D eigenvalue weighted by Crippen LogP contribution is -2.06. The summed E-state index contributed by atoms with van der Waals surface area (Å²) in [6.07, 6.45) is 2.17. The molecule has 1 aromatic carbocycles. The average Bonchev–Trinajstić information content (AvgIpc) is 2.14. The fourth-order valence-electron chi connectivity index (χ4n) is 1.62. The molecule has 0 radical (unpaired) electrons. The Balaban J connectivity index is 2.78. The number of rotatable bonds is 4. The van der Waals surface area contributed by atoms with Crippen LogP contribution in [0, 0.1) is 0 Å². The summed E-state index contributed by atoms with van der Waals surface area (Å²) < 4.78 is 0. The zero-order chi connectivity index (χ0) is 9.68. The molecule has 0 saturated heterocycles. The minimum Gasteiger partial charge on any atom is -0.399 e. The van der Waals surface area contributed by atoms with Gasteiger partial charge >= 0.3 is 0 Å². The lowest BCUT2D eigenvalue weighted by molar-refractivity contribution is 0.615. The molecule has 0 fully saturated rings. The summed E-state index contributed by atoms with van der Waals surface area (Å²) in [7, 11) is 0. The van der Waals surface area contributed by atoms with Crippen LogP contribution in [0.15, 0.2) is 24.3 Å². The normalized spacial score (nSPS) is 12.8. The van der Waals surface area contributed by atoms with E-state index >= 15 is 0 Å². The van der Waals surface area contributed by atoms with Gasteiger partial charge in [0.15, 0.2) is 0 Å². The summed E-state index contributed by atoms with van der Waals surface area (Å²) in [5, 5.41) is 0.